The van der Waals surface area contributed by atoms with Gasteiger partial charge in [-0.05, 0) is 11.6 Å². The van der Waals surface area contributed by atoms with Crippen LogP contribution in [0.5, 0.6) is 0 Å². The van der Waals surface area contributed by atoms with E-state index in [1.807, 2.05) is 0 Å². The fourth-order valence-corrected chi connectivity index (χ4v) is 1.45. The van der Waals surface area contributed by atoms with E-state index >= 15 is 0 Å². The summed E-state index contributed by atoms with van der Waals surface area (Å²) in [5.41, 5.74) is 4.46. The second-order valence-corrected chi connectivity index (χ2v) is 3.62. The van der Waals surface area contributed by atoms with Gasteiger partial charge in [-0.2, -0.15) is 13.2 Å². The molecule has 0 aliphatic rings. The molecule has 0 saturated carbocycles. The summed E-state index contributed by atoms with van der Waals surface area (Å²) in [5, 5.41) is 0. The standard InChI is InChI=1S/C11H12F5NO/c12-10(13)6-18-5-9(17)7-3-1-2-4-8(7)11(14,15)16/h1-4,9-10H,5-6,17H2. The van der Waals surface area contributed by atoms with E-state index in [4.69, 9.17) is 5.73 Å². The highest BCUT2D eigenvalue weighted by Crippen LogP contribution is 2.33. The van der Waals surface area contributed by atoms with Crippen LogP contribution in [0.15, 0.2) is 24.3 Å². The van der Waals surface area contributed by atoms with Gasteiger partial charge in [-0.25, -0.2) is 8.78 Å². The summed E-state index contributed by atoms with van der Waals surface area (Å²) >= 11 is 0. The van der Waals surface area contributed by atoms with E-state index in [0.29, 0.717) is 0 Å². The molecule has 1 atom stereocenters. The predicted molar refractivity (Wildman–Crippen MR) is 55.2 cm³/mol. The third kappa shape index (κ3) is 4.23. The van der Waals surface area contributed by atoms with Crippen LogP contribution in [-0.2, 0) is 10.9 Å². The van der Waals surface area contributed by atoms with Crippen LogP contribution < -0.4 is 5.73 Å². The number of hydrogen-bond donors (Lipinski definition) is 1. The van der Waals surface area contributed by atoms with Crippen molar-refractivity contribution in [1.82, 2.24) is 0 Å². The van der Waals surface area contributed by atoms with Gasteiger partial charge in [-0.1, -0.05) is 18.2 Å². The molecule has 0 bridgehead atoms. The molecule has 1 aromatic rings. The van der Waals surface area contributed by atoms with E-state index < -0.39 is 37.4 Å². The van der Waals surface area contributed by atoms with E-state index in [1.165, 1.54) is 18.2 Å². The minimum atomic E-state index is -4.53. The Morgan fingerprint density at radius 3 is 2.28 bits per heavy atom. The molecule has 0 aliphatic carbocycles. The minimum absolute atomic E-state index is 0.167. The summed E-state index contributed by atoms with van der Waals surface area (Å²) in [6.45, 7) is -1.24. The smallest absolute Gasteiger partial charge is 0.374 e. The zero-order valence-electron chi connectivity index (χ0n) is 9.25. The van der Waals surface area contributed by atoms with E-state index in [9.17, 15) is 22.0 Å². The van der Waals surface area contributed by atoms with Crippen molar-refractivity contribution < 1.29 is 26.7 Å². The molecular weight excluding hydrogens is 257 g/mol. The lowest BCUT2D eigenvalue weighted by Gasteiger charge is -2.18. The van der Waals surface area contributed by atoms with Crippen molar-refractivity contribution in [3.05, 3.63) is 35.4 Å². The molecule has 0 aromatic heterocycles. The van der Waals surface area contributed by atoms with E-state index in [0.717, 1.165) is 6.07 Å². The second-order valence-electron chi connectivity index (χ2n) is 3.62. The second kappa shape index (κ2) is 6.10. The summed E-state index contributed by atoms with van der Waals surface area (Å²) in [6, 6.07) is 3.64. The highest BCUT2D eigenvalue weighted by atomic mass is 19.4. The summed E-state index contributed by atoms with van der Waals surface area (Å²) in [6.07, 6.45) is -7.20. The molecule has 2 N–H and O–H groups in total. The van der Waals surface area contributed by atoms with Crippen LogP contribution >= 0.6 is 0 Å². The summed E-state index contributed by atoms with van der Waals surface area (Å²) in [7, 11) is 0. The maximum Gasteiger partial charge on any atom is 0.416 e. The van der Waals surface area contributed by atoms with Crippen molar-refractivity contribution >= 4 is 0 Å². The van der Waals surface area contributed by atoms with E-state index in [1.54, 1.807) is 0 Å². The number of hydrogen-bond acceptors (Lipinski definition) is 2. The first-order valence-corrected chi connectivity index (χ1v) is 5.10. The molecule has 0 fully saturated rings. The first-order chi connectivity index (χ1) is 8.32. The van der Waals surface area contributed by atoms with Crippen LogP contribution in [0.1, 0.15) is 17.2 Å². The first-order valence-electron chi connectivity index (χ1n) is 5.10. The van der Waals surface area contributed by atoms with Gasteiger partial charge in [0.25, 0.3) is 6.43 Å². The summed E-state index contributed by atoms with van der Waals surface area (Å²) in [5.74, 6) is 0. The lowest BCUT2D eigenvalue weighted by atomic mass is 10.0. The van der Waals surface area contributed by atoms with Crippen LogP contribution in [-0.4, -0.2) is 19.6 Å². The highest BCUT2D eigenvalue weighted by molar-refractivity contribution is 5.32. The van der Waals surface area contributed by atoms with Gasteiger partial charge in [0.15, 0.2) is 0 Å². The Morgan fingerprint density at radius 2 is 1.72 bits per heavy atom. The topological polar surface area (TPSA) is 35.2 Å². The molecule has 18 heavy (non-hydrogen) atoms. The largest absolute Gasteiger partial charge is 0.416 e. The third-order valence-electron chi connectivity index (χ3n) is 2.21. The number of ether oxygens (including phenoxy) is 1. The van der Waals surface area contributed by atoms with E-state index in [2.05, 4.69) is 4.74 Å². The minimum Gasteiger partial charge on any atom is -0.374 e. The van der Waals surface area contributed by atoms with Crippen molar-refractivity contribution in [1.29, 1.82) is 0 Å². The molecule has 102 valence electrons. The van der Waals surface area contributed by atoms with Crippen molar-refractivity contribution in [3.8, 4) is 0 Å². The van der Waals surface area contributed by atoms with Gasteiger partial charge in [-0.15, -0.1) is 0 Å². The number of rotatable bonds is 5. The lowest BCUT2D eigenvalue weighted by molar-refractivity contribution is -0.138. The molecule has 0 saturated heterocycles. The SMILES string of the molecule is NC(COCC(F)F)c1ccccc1C(F)(F)F. The van der Waals surface area contributed by atoms with Crippen LogP contribution in [0.2, 0.25) is 0 Å². The van der Waals surface area contributed by atoms with Gasteiger partial charge in [0.1, 0.15) is 6.61 Å². The van der Waals surface area contributed by atoms with Gasteiger partial charge < -0.3 is 10.5 Å². The number of alkyl halides is 5. The van der Waals surface area contributed by atoms with Crippen molar-refractivity contribution in [3.63, 3.8) is 0 Å². The predicted octanol–water partition coefficient (Wildman–Crippen LogP) is 2.99. The Kier molecular flexibility index (Phi) is 5.03. The van der Waals surface area contributed by atoms with Crippen molar-refractivity contribution in [2.24, 2.45) is 5.73 Å². The summed E-state index contributed by atoms with van der Waals surface area (Å²) < 4.78 is 66.1. The van der Waals surface area contributed by atoms with Crippen LogP contribution in [0.25, 0.3) is 0 Å². The normalized spacial score (nSPS) is 13.9. The van der Waals surface area contributed by atoms with Gasteiger partial charge in [0.05, 0.1) is 18.2 Å². The molecule has 7 heteroatoms. The molecule has 1 unspecified atom stereocenters. The summed E-state index contributed by atoms with van der Waals surface area (Å²) in [4.78, 5) is 0. The number of benzene rings is 1. The zero-order chi connectivity index (χ0) is 13.8. The van der Waals surface area contributed by atoms with Gasteiger partial charge >= 0.3 is 6.18 Å². The quantitative estimate of drug-likeness (QED) is 0.834. The van der Waals surface area contributed by atoms with Crippen molar-refractivity contribution in [2.45, 2.75) is 18.6 Å². The van der Waals surface area contributed by atoms with Crippen LogP contribution in [0.3, 0.4) is 0 Å². The van der Waals surface area contributed by atoms with Crippen molar-refractivity contribution in [2.75, 3.05) is 13.2 Å². The maximum absolute atomic E-state index is 12.6. The fraction of sp³-hybridized carbons (Fsp3) is 0.455. The Morgan fingerprint density at radius 1 is 1.11 bits per heavy atom. The maximum atomic E-state index is 12.6. The lowest BCUT2D eigenvalue weighted by Crippen LogP contribution is -2.22. The number of nitrogens with two attached hydrogens (primary N) is 1. The molecule has 2 nitrogen and oxygen atoms in total. The van der Waals surface area contributed by atoms with Gasteiger partial charge in [0, 0.05) is 0 Å². The molecule has 0 amide bonds. The van der Waals surface area contributed by atoms with Gasteiger partial charge in [-0.3, -0.25) is 0 Å². The average molecular weight is 269 g/mol. The Bertz CT molecular complexity index is 380. The Labute approximate surface area is 101 Å². The first kappa shape index (κ1) is 14.8. The number of halogens is 5. The molecule has 1 aromatic carbocycles. The monoisotopic (exact) mass is 269 g/mol. The Balaban J connectivity index is 2.76. The van der Waals surface area contributed by atoms with Crippen LogP contribution in [0, 0.1) is 0 Å². The molecular formula is C11H12F5NO. The molecule has 0 spiro atoms. The van der Waals surface area contributed by atoms with Gasteiger partial charge in [0.2, 0.25) is 0 Å². The molecule has 1 rings (SSSR count). The molecule has 0 radical (unpaired) electrons. The third-order valence-corrected chi connectivity index (χ3v) is 2.21. The molecule has 0 heterocycles. The molecule has 0 aliphatic heterocycles. The fourth-order valence-electron chi connectivity index (χ4n) is 1.45. The average Bonchev–Trinajstić information content (AvgIpc) is 2.27. The Hall–Kier alpha value is -1.21. The highest BCUT2D eigenvalue weighted by Gasteiger charge is 2.34. The van der Waals surface area contributed by atoms with Crippen LogP contribution in [0.4, 0.5) is 22.0 Å². The zero-order valence-corrected chi connectivity index (χ0v) is 9.25. The van der Waals surface area contributed by atoms with E-state index in [-0.39, 0.29) is 5.56 Å².